The Morgan fingerprint density at radius 3 is 2.68 bits per heavy atom. The quantitative estimate of drug-likeness (QED) is 0.647. The lowest BCUT2D eigenvalue weighted by molar-refractivity contribution is 0.415. The van der Waals surface area contributed by atoms with Crippen molar-refractivity contribution >= 4 is 11.8 Å². The average Bonchev–Trinajstić information content (AvgIpc) is 3.18. The Labute approximate surface area is 132 Å². The highest BCUT2D eigenvalue weighted by molar-refractivity contribution is 7.99. The van der Waals surface area contributed by atoms with E-state index >= 15 is 0 Å². The summed E-state index contributed by atoms with van der Waals surface area (Å²) < 4.78 is 8.96. The average molecular weight is 316 g/mol. The molecular weight excluding hydrogens is 300 g/mol. The van der Waals surface area contributed by atoms with Crippen molar-refractivity contribution in [2.75, 3.05) is 12.9 Å². The van der Waals surface area contributed by atoms with Gasteiger partial charge in [0.15, 0.2) is 11.0 Å². The fourth-order valence-corrected chi connectivity index (χ4v) is 2.85. The second-order valence-corrected chi connectivity index (χ2v) is 5.66. The van der Waals surface area contributed by atoms with Crippen LogP contribution in [0.5, 0.6) is 5.75 Å². The fraction of sp³-hybridized carbons (Fsp3) is 0.286. The van der Waals surface area contributed by atoms with E-state index in [1.807, 2.05) is 35.9 Å². The van der Waals surface area contributed by atoms with E-state index in [2.05, 4.69) is 20.3 Å². The maximum Gasteiger partial charge on any atom is 0.191 e. The first-order valence-electron chi connectivity index (χ1n) is 6.77. The summed E-state index contributed by atoms with van der Waals surface area (Å²) in [6.07, 6.45) is 3.24. The molecule has 0 aliphatic heterocycles. The summed E-state index contributed by atoms with van der Waals surface area (Å²) in [4.78, 5) is 3.92. The normalized spacial score (nSPS) is 10.8. The molecule has 22 heavy (non-hydrogen) atoms. The van der Waals surface area contributed by atoms with Gasteiger partial charge in [-0.25, -0.2) is 4.98 Å². The van der Waals surface area contributed by atoms with Crippen LogP contribution in [0, 0.1) is 0 Å². The molecule has 2 aromatic heterocycles. The van der Waals surface area contributed by atoms with Crippen LogP contribution in [0.3, 0.4) is 0 Å². The second-order valence-electron chi connectivity index (χ2n) is 4.60. The Morgan fingerprint density at radius 2 is 2.00 bits per heavy atom. The first-order valence-corrected chi connectivity index (χ1v) is 7.75. The number of nitrogens with zero attached hydrogens (tertiary/aromatic N) is 6. The molecule has 3 rings (SSSR count). The van der Waals surface area contributed by atoms with Gasteiger partial charge >= 0.3 is 0 Å². The number of rotatable bonds is 6. The van der Waals surface area contributed by atoms with Gasteiger partial charge in [0.05, 0.1) is 13.7 Å². The van der Waals surface area contributed by atoms with Gasteiger partial charge in [-0.1, -0.05) is 11.8 Å². The van der Waals surface area contributed by atoms with E-state index in [1.165, 1.54) is 6.33 Å². The van der Waals surface area contributed by atoms with Gasteiger partial charge in [0, 0.05) is 18.4 Å². The van der Waals surface area contributed by atoms with Crippen molar-refractivity contribution in [1.82, 2.24) is 29.5 Å². The minimum Gasteiger partial charge on any atom is -0.497 e. The molecule has 0 spiro atoms. The van der Waals surface area contributed by atoms with Crippen molar-refractivity contribution in [2.45, 2.75) is 11.7 Å². The molecule has 3 aromatic rings. The third-order valence-corrected chi connectivity index (χ3v) is 4.20. The van der Waals surface area contributed by atoms with Crippen LogP contribution < -0.4 is 4.74 Å². The summed E-state index contributed by atoms with van der Waals surface area (Å²) in [6.45, 7) is 0.787. The number of hydrogen-bond donors (Lipinski definition) is 0. The smallest absolute Gasteiger partial charge is 0.191 e. The van der Waals surface area contributed by atoms with E-state index in [4.69, 9.17) is 4.74 Å². The lowest BCUT2D eigenvalue weighted by atomic mass is 10.2. The number of hydrogen-bond acceptors (Lipinski definition) is 6. The van der Waals surface area contributed by atoms with Gasteiger partial charge < -0.3 is 9.30 Å². The van der Waals surface area contributed by atoms with Crippen LogP contribution >= 0.6 is 11.8 Å². The number of benzene rings is 1. The fourth-order valence-electron chi connectivity index (χ4n) is 2.01. The standard InChI is InChI=1S/C14H16N6OS/c1-19-13(11-3-5-12(21-2)6-4-11)17-18-14(19)22-8-7-20-10-15-9-16-20/h3-6,9-10H,7-8H2,1-2H3. The van der Waals surface area contributed by atoms with Gasteiger partial charge in [-0.15, -0.1) is 10.2 Å². The Kier molecular flexibility index (Phi) is 4.38. The van der Waals surface area contributed by atoms with E-state index < -0.39 is 0 Å². The lowest BCUT2D eigenvalue weighted by Crippen LogP contribution is -2.02. The highest BCUT2D eigenvalue weighted by Gasteiger charge is 2.11. The molecule has 0 unspecified atom stereocenters. The Bertz CT molecular complexity index is 722. The van der Waals surface area contributed by atoms with Crippen molar-refractivity contribution < 1.29 is 4.74 Å². The van der Waals surface area contributed by atoms with Gasteiger partial charge in [0.1, 0.15) is 18.4 Å². The van der Waals surface area contributed by atoms with Gasteiger partial charge in [0.2, 0.25) is 0 Å². The number of ether oxygens (including phenoxy) is 1. The van der Waals surface area contributed by atoms with E-state index in [1.54, 1.807) is 29.9 Å². The van der Waals surface area contributed by atoms with Gasteiger partial charge in [-0.2, -0.15) is 5.10 Å². The number of methoxy groups -OCH3 is 1. The molecule has 2 heterocycles. The predicted molar refractivity (Wildman–Crippen MR) is 83.7 cm³/mol. The molecule has 0 bridgehead atoms. The molecule has 0 aliphatic rings. The SMILES string of the molecule is COc1ccc(-c2nnc(SCCn3cncn3)n2C)cc1. The Balaban J connectivity index is 1.68. The van der Waals surface area contributed by atoms with E-state index in [0.717, 1.165) is 34.6 Å². The van der Waals surface area contributed by atoms with Gasteiger partial charge in [-0.3, -0.25) is 4.68 Å². The minimum absolute atomic E-state index is 0.787. The maximum absolute atomic E-state index is 5.17. The van der Waals surface area contributed by atoms with Gasteiger partial charge in [-0.05, 0) is 24.3 Å². The molecule has 0 fully saturated rings. The zero-order chi connectivity index (χ0) is 15.4. The third-order valence-electron chi connectivity index (χ3n) is 3.20. The number of aryl methyl sites for hydroxylation is 1. The molecule has 0 radical (unpaired) electrons. The van der Waals surface area contributed by atoms with Crippen molar-refractivity contribution in [3.63, 3.8) is 0 Å². The zero-order valence-corrected chi connectivity index (χ0v) is 13.2. The third kappa shape index (κ3) is 3.11. The highest BCUT2D eigenvalue weighted by atomic mass is 32.2. The molecular formula is C14H16N6OS. The zero-order valence-electron chi connectivity index (χ0n) is 12.4. The first kappa shape index (κ1) is 14.6. The van der Waals surface area contributed by atoms with Crippen LogP contribution in [0.25, 0.3) is 11.4 Å². The van der Waals surface area contributed by atoms with Crippen LogP contribution in [0.15, 0.2) is 42.1 Å². The molecule has 8 heteroatoms. The number of thioether (sulfide) groups is 1. The molecule has 7 nitrogen and oxygen atoms in total. The summed E-state index contributed by atoms with van der Waals surface area (Å²) in [5.41, 5.74) is 1.01. The van der Waals surface area contributed by atoms with Gasteiger partial charge in [0.25, 0.3) is 0 Å². The van der Waals surface area contributed by atoms with Crippen LogP contribution in [-0.4, -0.2) is 42.4 Å². The van der Waals surface area contributed by atoms with Crippen LogP contribution in [0.1, 0.15) is 0 Å². The summed E-state index contributed by atoms with van der Waals surface area (Å²) in [5, 5.41) is 13.5. The molecule has 0 atom stereocenters. The van der Waals surface area contributed by atoms with Crippen molar-refractivity contribution in [3.8, 4) is 17.1 Å². The summed E-state index contributed by atoms with van der Waals surface area (Å²) >= 11 is 1.64. The topological polar surface area (TPSA) is 70.7 Å². The summed E-state index contributed by atoms with van der Waals surface area (Å²) in [7, 11) is 3.62. The molecule has 0 N–H and O–H groups in total. The molecule has 0 amide bonds. The van der Waals surface area contributed by atoms with Crippen LogP contribution in [0.4, 0.5) is 0 Å². The van der Waals surface area contributed by atoms with Crippen molar-refractivity contribution in [3.05, 3.63) is 36.9 Å². The Hall–Kier alpha value is -2.35. The second kappa shape index (κ2) is 6.61. The van der Waals surface area contributed by atoms with E-state index in [-0.39, 0.29) is 0 Å². The molecule has 0 saturated heterocycles. The largest absolute Gasteiger partial charge is 0.497 e. The molecule has 0 saturated carbocycles. The summed E-state index contributed by atoms with van der Waals surface area (Å²) in [5.74, 6) is 2.53. The van der Waals surface area contributed by atoms with Crippen LogP contribution in [0.2, 0.25) is 0 Å². The lowest BCUT2D eigenvalue weighted by Gasteiger charge is -2.05. The van der Waals surface area contributed by atoms with E-state index in [9.17, 15) is 0 Å². The summed E-state index contributed by atoms with van der Waals surface area (Å²) in [6, 6.07) is 7.79. The van der Waals surface area contributed by atoms with Crippen molar-refractivity contribution in [2.24, 2.45) is 7.05 Å². The first-order chi connectivity index (χ1) is 10.8. The number of aromatic nitrogens is 6. The van der Waals surface area contributed by atoms with Crippen molar-refractivity contribution in [1.29, 1.82) is 0 Å². The minimum atomic E-state index is 0.787. The highest BCUT2D eigenvalue weighted by Crippen LogP contribution is 2.24. The van der Waals surface area contributed by atoms with E-state index in [0.29, 0.717) is 0 Å². The molecule has 0 aliphatic carbocycles. The van der Waals surface area contributed by atoms with Crippen LogP contribution in [-0.2, 0) is 13.6 Å². The molecule has 1 aromatic carbocycles. The molecule has 114 valence electrons. The monoisotopic (exact) mass is 316 g/mol. The maximum atomic E-state index is 5.17. The Morgan fingerprint density at radius 1 is 1.18 bits per heavy atom. The predicted octanol–water partition coefficient (Wildman–Crippen LogP) is 1.87.